The predicted molar refractivity (Wildman–Crippen MR) is 73.8 cm³/mol. The van der Waals surface area contributed by atoms with Gasteiger partial charge in [-0.15, -0.1) is 0 Å². The quantitative estimate of drug-likeness (QED) is 0.658. The lowest BCUT2D eigenvalue weighted by Gasteiger charge is -2.16. The van der Waals surface area contributed by atoms with Crippen LogP contribution < -0.4 is 5.32 Å². The molecule has 0 saturated carbocycles. The third-order valence-electron chi connectivity index (χ3n) is 2.49. The maximum atomic E-state index is 12.1. The number of hydrogen-bond acceptors (Lipinski definition) is 4. The minimum atomic E-state index is -0.664. The first kappa shape index (κ1) is 15.9. The summed E-state index contributed by atoms with van der Waals surface area (Å²) in [6, 6.07) is 3.76. The lowest BCUT2D eigenvalue weighted by molar-refractivity contribution is -0.384. The van der Waals surface area contributed by atoms with E-state index in [0.717, 1.165) is 6.07 Å². The highest BCUT2D eigenvalue weighted by Crippen LogP contribution is 2.25. The summed E-state index contributed by atoms with van der Waals surface area (Å²) in [6.07, 6.45) is 0. The van der Waals surface area contributed by atoms with Crippen LogP contribution in [0.15, 0.2) is 18.2 Å². The van der Waals surface area contributed by atoms with Gasteiger partial charge in [0.2, 0.25) is 5.91 Å². The Balaban J connectivity index is 2.89. The number of amides is 2. The maximum absolute atomic E-state index is 12.1. The van der Waals surface area contributed by atoms with E-state index in [4.69, 9.17) is 11.6 Å². The number of halogens is 1. The molecule has 0 radical (unpaired) electrons. The lowest BCUT2D eigenvalue weighted by Crippen LogP contribution is -2.38. The van der Waals surface area contributed by atoms with Crippen molar-refractivity contribution < 1.29 is 14.5 Å². The summed E-state index contributed by atoms with van der Waals surface area (Å²) in [5.74, 6) is -0.789. The average Bonchev–Trinajstić information content (AvgIpc) is 2.38. The molecule has 0 aliphatic rings. The van der Waals surface area contributed by atoms with Crippen LogP contribution in [0.3, 0.4) is 0 Å². The van der Waals surface area contributed by atoms with Crippen molar-refractivity contribution in [2.45, 2.75) is 6.92 Å². The van der Waals surface area contributed by atoms with Crippen molar-refractivity contribution in [2.24, 2.45) is 0 Å². The first-order valence-corrected chi connectivity index (χ1v) is 6.20. The highest BCUT2D eigenvalue weighted by atomic mass is 35.5. The van der Waals surface area contributed by atoms with E-state index in [2.05, 4.69) is 5.32 Å². The number of carbonyl (C=O) groups excluding carboxylic acids is 2. The van der Waals surface area contributed by atoms with Gasteiger partial charge >= 0.3 is 0 Å². The number of nitrogens with one attached hydrogen (secondary N) is 1. The summed E-state index contributed by atoms with van der Waals surface area (Å²) >= 11 is 5.67. The van der Waals surface area contributed by atoms with Crippen LogP contribution in [0, 0.1) is 10.1 Å². The Hall–Kier alpha value is -2.15. The number of nitrogens with zero attached hydrogens (tertiary/aromatic N) is 2. The van der Waals surface area contributed by atoms with E-state index < -0.39 is 10.8 Å². The zero-order chi connectivity index (χ0) is 15.3. The van der Waals surface area contributed by atoms with Crippen LogP contribution in [0.4, 0.5) is 5.69 Å². The van der Waals surface area contributed by atoms with Gasteiger partial charge < -0.3 is 10.2 Å². The molecule has 8 heteroatoms. The van der Waals surface area contributed by atoms with E-state index in [1.54, 1.807) is 6.92 Å². The first-order chi connectivity index (χ1) is 9.36. The van der Waals surface area contributed by atoms with Crippen LogP contribution in [0.2, 0.25) is 5.02 Å². The second kappa shape index (κ2) is 6.85. The van der Waals surface area contributed by atoms with E-state index in [1.165, 1.54) is 24.1 Å². The second-order valence-corrected chi connectivity index (χ2v) is 4.45. The summed E-state index contributed by atoms with van der Waals surface area (Å²) in [5, 5.41) is 13.3. The number of nitro groups is 1. The average molecular weight is 300 g/mol. The summed E-state index contributed by atoms with van der Waals surface area (Å²) in [4.78, 5) is 34.7. The zero-order valence-corrected chi connectivity index (χ0v) is 11.8. The third-order valence-corrected chi connectivity index (χ3v) is 2.81. The topological polar surface area (TPSA) is 92.6 Å². The monoisotopic (exact) mass is 299 g/mol. The molecule has 20 heavy (non-hydrogen) atoms. The van der Waals surface area contributed by atoms with Gasteiger partial charge in [0, 0.05) is 25.2 Å². The second-order valence-electron chi connectivity index (χ2n) is 4.04. The Labute approximate surface area is 120 Å². The molecule has 2 amide bonds. The number of carbonyl (C=O) groups is 2. The normalized spacial score (nSPS) is 9.95. The van der Waals surface area contributed by atoms with Gasteiger partial charge in [0.1, 0.15) is 5.02 Å². The molecule has 0 unspecified atom stereocenters. The van der Waals surface area contributed by atoms with Gasteiger partial charge in [-0.05, 0) is 19.1 Å². The van der Waals surface area contributed by atoms with E-state index in [-0.39, 0.29) is 28.7 Å². The molecule has 1 N–H and O–H groups in total. The molecular formula is C12H14ClN3O4. The fourth-order valence-electron chi connectivity index (χ4n) is 1.55. The molecule has 0 heterocycles. The molecule has 1 aromatic rings. The minimum absolute atomic E-state index is 0.0436. The maximum Gasteiger partial charge on any atom is 0.288 e. The number of benzene rings is 1. The smallest absolute Gasteiger partial charge is 0.288 e. The number of nitro benzene ring substituents is 1. The van der Waals surface area contributed by atoms with Gasteiger partial charge in [-0.2, -0.15) is 0 Å². The van der Waals surface area contributed by atoms with Gasteiger partial charge in [0.25, 0.3) is 11.6 Å². The van der Waals surface area contributed by atoms with Crippen LogP contribution in [-0.4, -0.2) is 41.8 Å². The van der Waals surface area contributed by atoms with Crippen LogP contribution >= 0.6 is 11.6 Å². The van der Waals surface area contributed by atoms with Crippen molar-refractivity contribution in [3.8, 4) is 0 Å². The molecule has 0 spiro atoms. The Morgan fingerprint density at radius 3 is 2.65 bits per heavy atom. The Morgan fingerprint density at radius 1 is 1.45 bits per heavy atom. The van der Waals surface area contributed by atoms with Gasteiger partial charge in [0.05, 0.1) is 11.5 Å². The number of rotatable bonds is 5. The van der Waals surface area contributed by atoms with Crippen molar-refractivity contribution in [1.82, 2.24) is 10.2 Å². The third kappa shape index (κ3) is 3.92. The van der Waals surface area contributed by atoms with Crippen molar-refractivity contribution in [1.29, 1.82) is 0 Å². The molecule has 1 rings (SSSR count). The molecule has 0 fully saturated rings. The molecule has 1 aromatic carbocycles. The van der Waals surface area contributed by atoms with Crippen LogP contribution in [0.5, 0.6) is 0 Å². The standard InChI is InChI=1S/C12H14ClN3O4/c1-3-14-11(17)7-15(2)12(18)8-4-5-9(13)10(6-8)16(19)20/h4-6H,3,7H2,1-2H3,(H,14,17). The van der Waals surface area contributed by atoms with Crippen molar-refractivity contribution in [2.75, 3.05) is 20.1 Å². The van der Waals surface area contributed by atoms with E-state index in [9.17, 15) is 19.7 Å². The number of hydrogen-bond donors (Lipinski definition) is 1. The molecule has 0 aliphatic heterocycles. The van der Waals surface area contributed by atoms with Gasteiger partial charge in [-0.3, -0.25) is 19.7 Å². The number of likely N-dealkylation sites (N-methyl/N-ethyl adjacent to an activating group) is 2. The highest BCUT2D eigenvalue weighted by Gasteiger charge is 2.19. The highest BCUT2D eigenvalue weighted by molar-refractivity contribution is 6.32. The van der Waals surface area contributed by atoms with E-state index >= 15 is 0 Å². The largest absolute Gasteiger partial charge is 0.355 e. The molecule has 108 valence electrons. The summed E-state index contributed by atoms with van der Waals surface area (Å²) < 4.78 is 0. The van der Waals surface area contributed by atoms with Crippen molar-refractivity contribution >= 4 is 29.1 Å². The minimum Gasteiger partial charge on any atom is -0.355 e. The summed E-state index contributed by atoms with van der Waals surface area (Å²) in [7, 11) is 1.44. The Morgan fingerprint density at radius 2 is 2.10 bits per heavy atom. The zero-order valence-electron chi connectivity index (χ0n) is 11.1. The molecular weight excluding hydrogens is 286 g/mol. The van der Waals surface area contributed by atoms with Crippen molar-refractivity contribution in [3.05, 3.63) is 38.9 Å². The van der Waals surface area contributed by atoms with Crippen LogP contribution in [-0.2, 0) is 4.79 Å². The fraction of sp³-hybridized carbons (Fsp3) is 0.333. The first-order valence-electron chi connectivity index (χ1n) is 5.83. The predicted octanol–water partition coefficient (Wildman–Crippen LogP) is 1.46. The van der Waals surface area contributed by atoms with Crippen molar-refractivity contribution in [3.63, 3.8) is 0 Å². The SMILES string of the molecule is CCNC(=O)CN(C)C(=O)c1ccc(Cl)c([N+](=O)[O-])c1. The fourth-order valence-corrected chi connectivity index (χ4v) is 1.73. The van der Waals surface area contributed by atoms with Gasteiger partial charge in [-0.1, -0.05) is 11.6 Å². The Bertz CT molecular complexity index is 548. The van der Waals surface area contributed by atoms with Crippen LogP contribution in [0.25, 0.3) is 0 Å². The molecule has 0 aromatic heterocycles. The molecule has 0 bridgehead atoms. The lowest BCUT2D eigenvalue weighted by atomic mass is 10.2. The summed E-state index contributed by atoms with van der Waals surface area (Å²) in [5.41, 5.74) is -0.239. The van der Waals surface area contributed by atoms with E-state index in [1.807, 2.05) is 0 Å². The van der Waals surface area contributed by atoms with Gasteiger partial charge in [0.15, 0.2) is 0 Å². The Kier molecular flexibility index (Phi) is 5.45. The molecule has 7 nitrogen and oxygen atoms in total. The molecule has 0 saturated heterocycles. The van der Waals surface area contributed by atoms with Gasteiger partial charge in [-0.25, -0.2) is 0 Å². The molecule has 0 aliphatic carbocycles. The van der Waals surface area contributed by atoms with Crippen LogP contribution in [0.1, 0.15) is 17.3 Å². The summed E-state index contributed by atoms with van der Waals surface area (Å²) in [6.45, 7) is 2.11. The molecule has 0 atom stereocenters. The van der Waals surface area contributed by atoms with E-state index in [0.29, 0.717) is 6.54 Å².